The van der Waals surface area contributed by atoms with Crippen molar-refractivity contribution in [2.75, 3.05) is 20.6 Å². The number of aryl methyl sites for hydroxylation is 3. The van der Waals surface area contributed by atoms with Crippen molar-refractivity contribution in [3.8, 4) is 0 Å². The van der Waals surface area contributed by atoms with E-state index in [9.17, 15) is 0 Å². The predicted octanol–water partition coefficient (Wildman–Crippen LogP) is 2.81. The third-order valence-electron chi connectivity index (χ3n) is 3.50. The Morgan fingerprint density at radius 1 is 1.12 bits per heavy atom. The second-order valence-electron chi connectivity index (χ2n) is 5.43. The average Bonchev–Trinajstić information content (AvgIpc) is 2.21. The van der Waals surface area contributed by atoms with E-state index in [0.717, 1.165) is 6.54 Å². The first-order chi connectivity index (χ1) is 7.88. The zero-order valence-electron chi connectivity index (χ0n) is 12.0. The number of hydrogen-bond acceptors (Lipinski definition) is 2. The van der Waals surface area contributed by atoms with Gasteiger partial charge in [0.25, 0.3) is 0 Å². The quantitative estimate of drug-likeness (QED) is 0.868. The third-order valence-corrected chi connectivity index (χ3v) is 3.50. The van der Waals surface area contributed by atoms with Crippen LogP contribution >= 0.6 is 0 Å². The van der Waals surface area contributed by atoms with Crippen molar-refractivity contribution in [1.82, 2.24) is 4.90 Å². The second kappa shape index (κ2) is 5.65. The highest BCUT2D eigenvalue weighted by atomic mass is 15.1. The van der Waals surface area contributed by atoms with Crippen molar-refractivity contribution in [2.24, 2.45) is 11.7 Å². The van der Waals surface area contributed by atoms with Crippen LogP contribution in [-0.4, -0.2) is 25.5 Å². The summed E-state index contributed by atoms with van der Waals surface area (Å²) in [6, 6.07) is 4.94. The SMILES string of the molecule is Cc1cc(C)c(C(C(C)CN)N(C)C)c(C)c1. The number of hydrogen-bond donors (Lipinski definition) is 1. The second-order valence-corrected chi connectivity index (χ2v) is 5.43. The topological polar surface area (TPSA) is 29.3 Å². The van der Waals surface area contributed by atoms with Crippen LogP contribution in [0.2, 0.25) is 0 Å². The molecule has 2 unspecified atom stereocenters. The van der Waals surface area contributed by atoms with Crippen molar-refractivity contribution < 1.29 is 0 Å². The minimum absolute atomic E-state index is 0.403. The maximum absolute atomic E-state index is 5.85. The van der Waals surface area contributed by atoms with Crippen LogP contribution in [0, 0.1) is 26.7 Å². The van der Waals surface area contributed by atoms with Gasteiger partial charge in [-0.25, -0.2) is 0 Å². The van der Waals surface area contributed by atoms with Gasteiger partial charge in [0.05, 0.1) is 0 Å². The highest BCUT2D eigenvalue weighted by Crippen LogP contribution is 2.31. The molecule has 0 saturated carbocycles. The number of nitrogens with two attached hydrogens (primary N) is 1. The lowest BCUT2D eigenvalue weighted by atomic mass is 9.86. The monoisotopic (exact) mass is 234 g/mol. The van der Waals surface area contributed by atoms with Crippen LogP contribution in [0.25, 0.3) is 0 Å². The summed E-state index contributed by atoms with van der Waals surface area (Å²) < 4.78 is 0. The first-order valence-electron chi connectivity index (χ1n) is 6.32. The smallest absolute Gasteiger partial charge is 0.0384 e. The van der Waals surface area contributed by atoms with Gasteiger partial charge < -0.3 is 10.6 Å². The van der Waals surface area contributed by atoms with Crippen molar-refractivity contribution in [3.63, 3.8) is 0 Å². The minimum atomic E-state index is 0.403. The molecule has 96 valence electrons. The zero-order chi connectivity index (χ0) is 13.2. The fraction of sp³-hybridized carbons (Fsp3) is 0.600. The molecule has 0 aliphatic carbocycles. The number of nitrogens with zero attached hydrogens (tertiary/aromatic N) is 1. The molecule has 0 bridgehead atoms. The molecule has 0 aliphatic heterocycles. The van der Waals surface area contributed by atoms with E-state index in [2.05, 4.69) is 58.8 Å². The van der Waals surface area contributed by atoms with Crippen molar-refractivity contribution >= 4 is 0 Å². The molecule has 2 heteroatoms. The molecular weight excluding hydrogens is 208 g/mol. The van der Waals surface area contributed by atoms with Crippen molar-refractivity contribution in [1.29, 1.82) is 0 Å². The van der Waals surface area contributed by atoms with E-state index in [0.29, 0.717) is 12.0 Å². The normalized spacial score (nSPS) is 15.1. The lowest BCUT2D eigenvalue weighted by Gasteiger charge is -2.32. The van der Waals surface area contributed by atoms with Gasteiger partial charge in [-0.15, -0.1) is 0 Å². The Kier molecular flexibility index (Phi) is 4.72. The molecule has 2 N–H and O–H groups in total. The maximum Gasteiger partial charge on any atom is 0.0384 e. The van der Waals surface area contributed by atoms with Crippen LogP contribution in [0.4, 0.5) is 0 Å². The maximum atomic E-state index is 5.85. The van der Waals surface area contributed by atoms with Gasteiger partial charge in [-0.2, -0.15) is 0 Å². The highest BCUT2D eigenvalue weighted by molar-refractivity contribution is 5.40. The van der Waals surface area contributed by atoms with E-state index in [1.165, 1.54) is 22.3 Å². The van der Waals surface area contributed by atoms with Crippen LogP contribution in [-0.2, 0) is 0 Å². The summed E-state index contributed by atoms with van der Waals surface area (Å²) in [5.74, 6) is 0.463. The summed E-state index contributed by atoms with van der Waals surface area (Å²) in [7, 11) is 4.27. The summed E-state index contributed by atoms with van der Waals surface area (Å²) >= 11 is 0. The molecule has 17 heavy (non-hydrogen) atoms. The molecule has 0 saturated heterocycles. The fourth-order valence-electron chi connectivity index (χ4n) is 2.84. The summed E-state index contributed by atoms with van der Waals surface area (Å²) in [5.41, 5.74) is 11.4. The van der Waals surface area contributed by atoms with Crippen molar-refractivity contribution in [3.05, 3.63) is 34.4 Å². The van der Waals surface area contributed by atoms with Gasteiger partial charge in [-0.1, -0.05) is 24.6 Å². The summed E-state index contributed by atoms with van der Waals surface area (Å²) in [4.78, 5) is 2.28. The molecule has 0 amide bonds. The molecule has 2 nitrogen and oxygen atoms in total. The van der Waals surface area contributed by atoms with Gasteiger partial charge in [-0.3, -0.25) is 0 Å². The Morgan fingerprint density at radius 3 is 1.94 bits per heavy atom. The molecule has 0 radical (unpaired) electrons. The zero-order valence-corrected chi connectivity index (χ0v) is 12.0. The molecule has 1 aromatic carbocycles. The Labute approximate surface area is 106 Å². The molecule has 0 aromatic heterocycles. The van der Waals surface area contributed by atoms with Gasteiger partial charge >= 0.3 is 0 Å². The molecule has 1 aromatic rings. The van der Waals surface area contributed by atoms with E-state index in [1.54, 1.807) is 0 Å². The summed E-state index contributed by atoms with van der Waals surface area (Å²) in [6.07, 6.45) is 0. The van der Waals surface area contributed by atoms with E-state index in [-0.39, 0.29) is 0 Å². The van der Waals surface area contributed by atoms with Gasteiger partial charge in [-0.05, 0) is 64.0 Å². The molecule has 0 spiro atoms. The molecule has 0 fully saturated rings. The molecule has 0 heterocycles. The molecule has 2 atom stereocenters. The largest absolute Gasteiger partial charge is 0.330 e. The summed E-state index contributed by atoms with van der Waals surface area (Å²) in [6.45, 7) is 9.50. The highest BCUT2D eigenvalue weighted by Gasteiger charge is 2.23. The first-order valence-corrected chi connectivity index (χ1v) is 6.32. The minimum Gasteiger partial charge on any atom is -0.330 e. The van der Waals surface area contributed by atoms with Crippen LogP contribution in [0.15, 0.2) is 12.1 Å². The molecule has 1 rings (SSSR count). The predicted molar refractivity (Wildman–Crippen MR) is 75.3 cm³/mol. The van der Waals surface area contributed by atoms with Crippen LogP contribution in [0.5, 0.6) is 0 Å². The Balaban J connectivity index is 3.28. The van der Waals surface area contributed by atoms with E-state index in [1.807, 2.05) is 0 Å². The van der Waals surface area contributed by atoms with Crippen LogP contribution in [0.1, 0.15) is 35.2 Å². The van der Waals surface area contributed by atoms with E-state index in [4.69, 9.17) is 5.73 Å². The molecule has 0 aliphatic rings. The first kappa shape index (κ1) is 14.2. The van der Waals surface area contributed by atoms with Crippen LogP contribution < -0.4 is 5.73 Å². The average molecular weight is 234 g/mol. The Bertz CT molecular complexity index is 360. The number of rotatable bonds is 4. The fourth-order valence-corrected chi connectivity index (χ4v) is 2.84. The van der Waals surface area contributed by atoms with Gasteiger partial charge in [0.2, 0.25) is 0 Å². The van der Waals surface area contributed by atoms with E-state index < -0.39 is 0 Å². The Morgan fingerprint density at radius 2 is 1.59 bits per heavy atom. The third kappa shape index (κ3) is 3.08. The Hall–Kier alpha value is -0.860. The van der Waals surface area contributed by atoms with Gasteiger partial charge in [0.15, 0.2) is 0 Å². The molecular formula is C15H26N2. The number of benzene rings is 1. The van der Waals surface area contributed by atoms with Gasteiger partial charge in [0, 0.05) is 6.04 Å². The lowest BCUT2D eigenvalue weighted by Crippen LogP contribution is -2.31. The van der Waals surface area contributed by atoms with Gasteiger partial charge in [0.1, 0.15) is 0 Å². The van der Waals surface area contributed by atoms with Crippen LogP contribution in [0.3, 0.4) is 0 Å². The van der Waals surface area contributed by atoms with E-state index >= 15 is 0 Å². The van der Waals surface area contributed by atoms with Crippen molar-refractivity contribution in [2.45, 2.75) is 33.7 Å². The lowest BCUT2D eigenvalue weighted by molar-refractivity contribution is 0.226. The summed E-state index contributed by atoms with van der Waals surface area (Å²) in [5, 5.41) is 0. The standard InChI is InChI=1S/C15H26N2/c1-10-7-11(2)14(12(3)8-10)15(17(5)6)13(4)9-16/h7-8,13,15H,9,16H2,1-6H3.